The van der Waals surface area contributed by atoms with E-state index < -0.39 is 0 Å². The summed E-state index contributed by atoms with van der Waals surface area (Å²) in [6.45, 7) is 5.66. The second kappa shape index (κ2) is 10.6. The maximum Gasteiger partial charge on any atom is 0.0414 e. The molecule has 1 aromatic rings. The van der Waals surface area contributed by atoms with E-state index in [0.717, 1.165) is 6.54 Å². The van der Waals surface area contributed by atoms with Gasteiger partial charge in [-0.25, -0.2) is 0 Å². The number of hydrogen-bond donors (Lipinski definition) is 1. The Labute approximate surface area is 117 Å². The molecule has 0 aliphatic rings. The lowest BCUT2D eigenvalue weighted by atomic mass is 10.0. The molecule has 0 amide bonds. The van der Waals surface area contributed by atoms with Crippen molar-refractivity contribution < 1.29 is 0 Å². The Morgan fingerprint density at radius 1 is 1.06 bits per heavy atom. The highest BCUT2D eigenvalue weighted by molar-refractivity contribution is 7.10. The number of thiophene rings is 1. The highest BCUT2D eigenvalue weighted by Crippen LogP contribution is 2.24. The molecule has 18 heavy (non-hydrogen) atoms. The van der Waals surface area contributed by atoms with Gasteiger partial charge >= 0.3 is 0 Å². The lowest BCUT2D eigenvalue weighted by molar-refractivity contribution is 0.472. The highest BCUT2D eigenvalue weighted by atomic mass is 32.1. The second-order valence-electron chi connectivity index (χ2n) is 5.08. The summed E-state index contributed by atoms with van der Waals surface area (Å²) in [7, 11) is 0. The van der Waals surface area contributed by atoms with Crippen LogP contribution in [0.15, 0.2) is 17.5 Å². The highest BCUT2D eigenvalue weighted by Gasteiger charge is 2.10. The molecule has 0 aliphatic carbocycles. The average molecular weight is 267 g/mol. The molecule has 0 fully saturated rings. The van der Waals surface area contributed by atoms with Crippen molar-refractivity contribution in [1.29, 1.82) is 0 Å². The third-order valence-electron chi connectivity index (χ3n) is 3.37. The molecule has 1 N–H and O–H groups in total. The molecule has 0 saturated carbocycles. The van der Waals surface area contributed by atoms with Crippen LogP contribution in [0.3, 0.4) is 0 Å². The van der Waals surface area contributed by atoms with Gasteiger partial charge in [0.15, 0.2) is 0 Å². The van der Waals surface area contributed by atoms with Crippen LogP contribution in [0.5, 0.6) is 0 Å². The number of hydrogen-bond acceptors (Lipinski definition) is 2. The fourth-order valence-electron chi connectivity index (χ4n) is 2.28. The van der Waals surface area contributed by atoms with Gasteiger partial charge < -0.3 is 5.32 Å². The lowest BCUT2D eigenvalue weighted by Crippen LogP contribution is -2.21. The fourth-order valence-corrected chi connectivity index (χ4v) is 3.12. The van der Waals surface area contributed by atoms with Gasteiger partial charge in [-0.15, -0.1) is 11.3 Å². The summed E-state index contributed by atoms with van der Waals surface area (Å²) in [6, 6.07) is 5.04. The monoisotopic (exact) mass is 267 g/mol. The Bertz CT molecular complexity index is 269. The maximum absolute atomic E-state index is 3.68. The van der Waals surface area contributed by atoms with E-state index in [1.165, 1.54) is 56.2 Å². The topological polar surface area (TPSA) is 12.0 Å². The van der Waals surface area contributed by atoms with Gasteiger partial charge in [0.1, 0.15) is 0 Å². The van der Waals surface area contributed by atoms with Crippen molar-refractivity contribution in [2.24, 2.45) is 0 Å². The Morgan fingerprint density at radius 3 is 2.50 bits per heavy atom. The van der Waals surface area contributed by atoms with Crippen molar-refractivity contribution in [2.45, 2.75) is 71.3 Å². The van der Waals surface area contributed by atoms with Gasteiger partial charge in [-0.3, -0.25) is 0 Å². The first kappa shape index (κ1) is 15.7. The Hall–Kier alpha value is -0.340. The van der Waals surface area contributed by atoms with Crippen LogP contribution < -0.4 is 5.32 Å². The zero-order valence-electron chi connectivity index (χ0n) is 12.1. The van der Waals surface area contributed by atoms with Gasteiger partial charge in [0, 0.05) is 10.9 Å². The second-order valence-corrected chi connectivity index (χ2v) is 6.06. The van der Waals surface area contributed by atoms with Crippen LogP contribution in [-0.2, 0) is 0 Å². The predicted octanol–water partition coefficient (Wildman–Crippen LogP) is 5.54. The fraction of sp³-hybridized carbons (Fsp3) is 0.750. The van der Waals surface area contributed by atoms with E-state index in [2.05, 4.69) is 36.7 Å². The van der Waals surface area contributed by atoms with E-state index in [0.29, 0.717) is 6.04 Å². The molecule has 0 aromatic carbocycles. The molecule has 0 spiro atoms. The first-order valence-electron chi connectivity index (χ1n) is 7.65. The van der Waals surface area contributed by atoms with E-state index in [9.17, 15) is 0 Å². The molecular formula is C16H29NS. The first-order chi connectivity index (χ1) is 8.88. The Balaban J connectivity index is 2.20. The molecule has 0 radical (unpaired) electrons. The summed E-state index contributed by atoms with van der Waals surface area (Å²) in [4.78, 5) is 1.51. The third kappa shape index (κ3) is 6.55. The van der Waals surface area contributed by atoms with E-state index in [1.54, 1.807) is 0 Å². The number of rotatable bonds is 11. The van der Waals surface area contributed by atoms with Crippen molar-refractivity contribution in [3.8, 4) is 0 Å². The number of nitrogens with one attached hydrogen (secondary N) is 1. The van der Waals surface area contributed by atoms with Crippen LogP contribution in [-0.4, -0.2) is 6.54 Å². The predicted molar refractivity (Wildman–Crippen MR) is 83.3 cm³/mol. The molecule has 1 aromatic heterocycles. The minimum absolute atomic E-state index is 0.594. The van der Waals surface area contributed by atoms with Crippen LogP contribution >= 0.6 is 11.3 Å². The average Bonchev–Trinajstić information content (AvgIpc) is 2.91. The van der Waals surface area contributed by atoms with Gasteiger partial charge in [0.05, 0.1) is 0 Å². The van der Waals surface area contributed by atoms with Gasteiger partial charge in [0.2, 0.25) is 0 Å². The molecule has 1 unspecified atom stereocenters. The molecule has 1 atom stereocenters. The van der Waals surface area contributed by atoms with Crippen LogP contribution in [0.1, 0.15) is 76.1 Å². The quantitative estimate of drug-likeness (QED) is 0.519. The maximum atomic E-state index is 3.68. The molecule has 1 nitrogen and oxygen atoms in total. The van der Waals surface area contributed by atoms with Crippen molar-refractivity contribution in [3.05, 3.63) is 22.4 Å². The van der Waals surface area contributed by atoms with Crippen molar-refractivity contribution >= 4 is 11.3 Å². The lowest BCUT2D eigenvalue weighted by Gasteiger charge is -2.17. The van der Waals surface area contributed by atoms with E-state index >= 15 is 0 Å². The van der Waals surface area contributed by atoms with E-state index in [1.807, 2.05) is 11.3 Å². The zero-order chi connectivity index (χ0) is 13.1. The molecule has 104 valence electrons. The summed E-state index contributed by atoms with van der Waals surface area (Å²) in [5.41, 5.74) is 0. The smallest absolute Gasteiger partial charge is 0.0414 e. The molecule has 0 aliphatic heterocycles. The molecule has 0 bridgehead atoms. The van der Waals surface area contributed by atoms with Crippen LogP contribution in [0.25, 0.3) is 0 Å². The molecular weight excluding hydrogens is 238 g/mol. The Morgan fingerprint density at radius 2 is 1.83 bits per heavy atom. The van der Waals surface area contributed by atoms with Crippen LogP contribution in [0, 0.1) is 0 Å². The normalized spacial score (nSPS) is 12.8. The zero-order valence-corrected chi connectivity index (χ0v) is 12.9. The Kier molecular flexibility index (Phi) is 9.23. The standard InChI is InChI=1S/C16H29NS/c1-3-5-6-7-8-9-11-15(17-13-4-2)16-12-10-14-18-16/h10,12,14-15,17H,3-9,11,13H2,1-2H3. The number of unbranched alkanes of at least 4 members (excludes halogenated alkanes) is 5. The third-order valence-corrected chi connectivity index (χ3v) is 4.36. The van der Waals surface area contributed by atoms with Crippen molar-refractivity contribution in [2.75, 3.05) is 6.54 Å². The molecule has 0 saturated heterocycles. The summed E-state index contributed by atoms with van der Waals surface area (Å²) in [5.74, 6) is 0. The van der Waals surface area contributed by atoms with Crippen LogP contribution in [0.4, 0.5) is 0 Å². The minimum Gasteiger partial charge on any atom is -0.309 e. The molecule has 1 rings (SSSR count). The molecule has 1 heterocycles. The summed E-state index contributed by atoms with van der Waals surface area (Å²) >= 11 is 1.89. The van der Waals surface area contributed by atoms with Gasteiger partial charge in [-0.2, -0.15) is 0 Å². The van der Waals surface area contributed by atoms with E-state index in [4.69, 9.17) is 0 Å². The first-order valence-corrected chi connectivity index (χ1v) is 8.53. The summed E-state index contributed by atoms with van der Waals surface area (Å²) in [6.07, 6.45) is 10.9. The largest absolute Gasteiger partial charge is 0.309 e. The van der Waals surface area contributed by atoms with Gasteiger partial charge in [-0.05, 0) is 30.8 Å². The minimum atomic E-state index is 0.594. The SMILES string of the molecule is CCCCCCCCC(NCCC)c1cccs1. The van der Waals surface area contributed by atoms with Gasteiger partial charge in [-0.1, -0.05) is 58.4 Å². The molecule has 2 heteroatoms. The van der Waals surface area contributed by atoms with Crippen LogP contribution in [0.2, 0.25) is 0 Å². The summed E-state index contributed by atoms with van der Waals surface area (Å²) in [5, 5.41) is 5.88. The van der Waals surface area contributed by atoms with Gasteiger partial charge in [0.25, 0.3) is 0 Å². The summed E-state index contributed by atoms with van der Waals surface area (Å²) < 4.78 is 0. The van der Waals surface area contributed by atoms with Crippen molar-refractivity contribution in [1.82, 2.24) is 5.32 Å². The van der Waals surface area contributed by atoms with E-state index in [-0.39, 0.29) is 0 Å². The van der Waals surface area contributed by atoms with Crippen molar-refractivity contribution in [3.63, 3.8) is 0 Å².